The minimum Gasteiger partial charge on any atom is -0.469 e. The van der Waals surface area contributed by atoms with Crippen LogP contribution in [0.25, 0.3) is 0 Å². The fourth-order valence-corrected chi connectivity index (χ4v) is 1.56. The Labute approximate surface area is 97.7 Å². The molecule has 2 N–H and O–H groups in total. The maximum atomic E-state index is 11.0. The first-order chi connectivity index (χ1) is 7.11. The molecule has 0 heterocycles. The lowest BCUT2D eigenvalue weighted by atomic mass is 10.0. The number of benzene rings is 1. The van der Waals surface area contributed by atoms with Crippen LogP contribution in [0.5, 0.6) is 0 Å². The molecule has 4 heteroatoms. The molecule has 0 aliphatic carbocycles. The highest BCUT2D eigenvalue weighted by Gasteiger charge is 2.09. The van der Waals surface area contributed by atoms with Crippen LogP contribution in [0.3, 0.4) is 0 Å². The SMILES string of the molecule is COC(=O)C[C@H](N)Cc1ccc(Br)cc1. The molecule has 0 saturated heterocycles. The highest BCUT2D eigenvalue weighted by molar-refractivity contribution is 9.10. The van der Waals surface area contributed by atoms with E-state index in [0.717, 1.165) is 10.0 Å². The minimum absolute atomic E-state index is 0.182. The second-order valence-corrected chi connectivity index (χ2v) is 4.29. The van der Waals surface area contributed by atoms with Crippen molar-refractivity contribution in [3.8, 4) is 0 Å². The number of hydrogen-bond acceptors (Lipinski definition) is 3. The van der Waals surface area contributed by atoms with E-state index in [0.29, 0.717) is 6.42 Å². The van der Waals surface area contributed by atoms with Gasteiger partial charge in [0.1, 0.15) is 0 Å². The van der Waals surface area contributed by atoms with Crippen molar-refractivity contribution in [2.75, 3.05) is 7.11 Å². The number of halogens is 1. The van der Waals surface area contributed by atoms with Gasteiger partial charge in [0.05, 0.1) is 13.5 Å². The number of hydrogen-bond donors (Lipinski definition) is 1. The quantitative estimate of drug-likeness (QED) is 0.851. The number of carbonyl (C=O) groups is 1. The van der Waals surface area contributed by atoms with Gasteiger partial charge in [0.25, 0.3) is 0 Å². The monoisotopic (exact) mass is 271 g/mol. The molecule has 1 aromatic rings. The van der Waals surface area contributed by atoms with Crippen molar-refractivity contribution >= 4 is 21.9 Å². The maximum Gasteiger partial charge on any atom is 0.307 e. The summed E-state index contributed by atoms with van der Waals surface area (Å²) in [6.07, 6.45) is 0.939. The molecule has 0 spiro atoms. The zero-order valence-electron chi connectivity index (χ0n) is 8.57. The summed E-state index contributed by atoms with van der Waals surface area (Å²) >= 11 is 3.36. The lowest BCUT2D eigenvalue weighted by Gasteiger charge is -2.09. The lowest BCUT2D eigenvalue weighted by molar-refractivity contribution is -0.140. The Balaban J connectivity index is 2.47. The van der Waals surface area contributed by atoms with Crippen molar-refractivity contribution in [3.05, 3.63) is 34.3 Å². The molecule has 82 valence electrons. The molecule has 0 amide bonds. The summed E-state index contributed by atoms with van der Waals surface area (Å²) in [6.45, 7) is 0. The van der Waals surface area contributed by atoms with Crippen LogP contribution in [0.2, 0.25) is 0 Å². The fourth-order valence-electron chi connectivity index (χ4n) is 1.29. The van der Waals surface area contributed by atoms with Crippen LogP contribution >= 0.6 is 15.9 Å². The Bertz CT molecular complexity index is 324. The molecule has 0 fully saturated rings. The number of methoxy groups -OCH3 is 1. The first-order valence-electron chi connectivity index (χ1n) is 4.68. The van der Waals surface area contributed by atoms with E-state index in [1.54, 1.807) is 0 Å². The summed E-state index contributed by atoms with van der Waals surface area (Å²) in [7, 11) is 1.37. The van der Waals surface area contributed by atoms with Gasteiger partial charge in [-0.15, -0.1) is 0 Å². The Morgan fingerprint density at radius 2 is 2.07 bits per heavy atom. The fraction of sp³-hybridized carbons (Fsp3) is 0.364. The van der Waals surface area contributed by atoms with E-state index in [1.807, 2.05) is 24.3 Å². The maximum absolute atomic E-state index is 11.0. The number of nitrogens with two attached hydrogens (primary N) is 1. The Kier molecular flexibility index (Phi) is 4.78. The lowest BCUT2D eigenvalue weighted by Crippen LogP contribution is -2.26. The molecule has 3 nitrogen and oxygen atoms in total. The van der Waals surface area contributed by atoms with Crippen molar-refractivity contribution in [2.45, 2.75) is 18.9 Å². The van der Waals surface area contributed by atoms with Crippen LogP contribution in [0.15, 0.2) is 28.7 Å². The topological polar surface area (TPSA) is 52.3 Å². The van der Waals surface area contributed by atoms with Crippen LogP contribution in [-0.2, 0) is 16.0 Å². The summed E-state index contributed by atoms with van der Waals surface area (Å²) in [5, 5.41) is 0. The molecule has 0 aliphatic rings. The molecule has 0 aromatic heterocycles. The largest absolute Gasteiger partial charge is 0.469 e. The molecule has 0 radical (unpaired) electrons. The third-order valence-corrected chi connectivity index (χ3v) is 2.60. The third-order valence-electron chi connectivity index (χ3n) is 2.07. The van der Waals surface area contributed by atoms with E-state index in [2.05, 4.69) is 20.7 Å². The number of rotatable bonds is 4. The van der Waals surface area contributed by atoms with Gasteiger partial charge in [0.15, 0.2) is 0 Å². The predicted octanol–water partition coefficient (Wildman–Crippen LogP) is 1.88. The van der Waals surface area contributed by atoms with Crippen LogP contribution < -0.4 is 5.73 Å². The molecule has 0 aliphatic heterocycles. The normalized spacial score (nSPS) is 12.2. The molecule has 0 unspecified atom stereocenters. The third kappa shape index (κ3) is 4.44. The zero-order chi connectivity index (χ0) is 11.3. The molecule has 0 saturated carbocycles. The van der Waals surface area contributed by atoms with E-state index < -0.39 is 0 Å². The van der Waals surface area contributed by atoms with E-state index in [4.69, 9.17) is 5.73 Å². The first kappa shape index (κ1) is 12.2. The highest BCUT2D eigenvalue weighted by atomic mass is 79.9. The minimum atomic E-state index is -0.264. The van der Waals surface area contributed by atoms with Gasteiger partial charge in [-0.3, -0.25) is 4.79 Å². The van der Waals surface area contributed by atoms with Crippen molar-refractivity contribution in [3.63, 3.8) is 0 Å². The Morgan fingerprint density at radius 3 is 2.60 bits per heavy atom. The van der Waals surface area contributed by atoms with E-state index >= 15 is 0 Å². The summed E-state index contributed by atoms with van der Waals surface area (Å²) < 4.78 is 5.59. The second-order valence-electron chi connectivity index (χ2n) is 3.37. The molecule has 1 aromatic carbocycles. The Hall–Kier alpha value is -0.870. The number of ether oxygens (including phenoxy) is 1. The van der Waals surface area contributed by atoms with Gasteiger partial charge < -0.3 is 10.5 Å². The van der Waals surface area contributed by atoms with Gasteiger partial charge in [-0.05, 0) is 24.1 Å². The van der Waals surface area contributed by atoms with Gasteiger partial charge in [-0.25, -0.2) is 0 Å². The summed E-state index contributed by atoms with van der Waals surface area (Å²) in [5.74, 6) is -0.264. The highest BCUT2D eigenvalue weighted by Crippen LogP contribution is 2.12. The summed E-state index contributed by atoms with van der Waals surface area (Å²) in [5.41, 5.74) is 6.93. The van der Waals surface area contributed by atoms with Gasteiger partial charge in [-0.1, -0.05) is 28.1 Å². The Morgan fingerprint density at radius 1 is 1.47 bits per heavy atom. The van der Waals surface area contributed by atoms with Gasteiger partial charge in [0.2, 0.25) is 0 Å². The number of esters is 1. The van der Waals surface area contributed by atoms with Gasteiger partial charge in [-0.2, -0.15) is 0 Å². The van der Waals surface area contributed by atoms with Crippen LogP contribution in [0.4, 0.5) is 0 Å². The molecular weight excluding hydrogens is 258 g/mol. The average Bonchev–Trinajstić information content (AvgIpc) is 2.21. The van der Waals surface area contributed by atoms with E-state index in [1.165, 1.54) is 7.11 Å². The molecule has 1 atom stereocenters. The first-order valence-corrected chi connectivity index (χ1v) is 5.48. The van der Waals surface area contributed by atoms with Crippen molar-refractivity contribution < 1.29 is 9.53 Å². The molecule has 15 heavy (non-hydrogen) atoms. The molecule has 1 rings (SSSR count). The predicted molar refractivity (Wildman–Crippen MR) is 62.5 cm³/mol. The van der Waals surface area contributed by atoms with Gasteiger partial charge >= 0.3 is 5.97 Å². The average molecular weight is 272 g/mol. The summed E-state index contributed by atoms with van der Waals surface area (Å²) in [6, 6.07) is 7.71. The summed E-state index contributed by atoms with van der Waals surface area (Å²) in [4.78, 5) is 11.0. The molecular formula is C11H14BrNO2. The number of carbonyl (C=O) groups excluding carboxylic acids is 1. The van der Waals surface area contributed by atoms with Crippen LogP contribution in [0, 0.1) is 0 Å². The van der Waals surface area contributed by atoms with Crippen LogP contribution in [-0.4, -0.2) is 19.1 Å². The zero-order valence-corrected chi connectivity index (χ0v) is 10.2. The van der Waals surface area contributed by atoms with Crippen molar-refractivity contribution in [1.82, 2.24) is 0 Å². The van der Waals surface area contributed by atoms with E-state index in [-0.39, 0.29) is 18.4 Å². The van der Waals surface area contributed by atoms with Crippen molar-refractivity contribution in [2.24, 2.45) is 5.73 Å². The van der Waals surface area contributed by atoms with Crippen LogP contribution in [0.1, 0.15) is 12.0 Å². The van der Waals surface area contributed by atoms with Crippen molar-refractivity contribution in [1.29, 1.82) is 0 Å². The standard InChI is InChI=1S/C11H14BrNO2/c1-15-11(14)7-10(13)6-8-2-4-9(12)5-3-8/h2-5,10H,6-7,13H2,1H3/t10-/m1/s1. The second kappa shape index (κ2) is 5.88. The smallest absolute Gasteiger partial charge is 0.307 e. The molecule has 0 bridgehead atoms. The van der Waals surface area contributed by atoms with E-state index in [9.17, 15) is 4.79 Å². The van der Waals surface area contributed by atoms with Gasteiger partial charge in [0, 0.05) is 10.5 Å².